The number of hydrogen-bond donors (Lipinski definition) is 1. The van der Waals surface area contributed by atoms with E-state index in [1.165, 1.54) is 12.0 Å². The molecule has 3 unspecified atom stereocenters. The van der Waals surface area contributed by atoms with E-state index in [9.17, 15) is 0 Å². The molecule has 3 heterocycles. The second-order valence-corrected chi connectivity index (χ2v) is 9.70. The number of hydrogen-bond acceptors (Lipinski definition) is 5. The van der Waals surface area contributed by atoms with Crippen LogP contribution in [0.2, 0.25) is 0 Å². The molecule has 0 spiro atoms. The third kappa shape index (κ3) is 7.27. The van der Waals surface area contributed by atoms with E-state index in [0.717, 1.165) is 71.6 Å². The first-order valence-corrected chi connectivity index (χ1v) is 12.3. The summed E-state index contributed by atoms with van der Waals surface area (Å²) in [5.41, 5.74) is 1.37. The van der Waals surface area contributed by atoms with Crippen LogP contribution in [0.3, 0.4) is 0 Å². The first-order valence-electron chi connectivity index (χ1n) is 12.3. The normalized spacial score (nSPS) is 25.6. The predicted octanol–water partition coefficient (Wildman–Crippen LogP) is 2.51. The highest BCUT2D eigenvalue weighted by molar-refractivity contribution is 14.0. The van der Waals surface area contributed by atoms with Gasteiger partial charge < -0.3 is 19.7 Å². The molecule has 186 valence electrons. The number of benzene rings is 1. The summed E-state index contributed by atoms with van der Waals surface area (Å²) in [5, 5.41) is 3.71. The van der Waals surface area contributed by atoms with Gasteiger partial charge in [0.15, 0.2) is 5.96 Å². The molecule has 8 heteroatoms. The van der Waals surface area contributed by atoms with Crippen molar-refractivity contribution in [1.29, 1.82) is 0 Å². The molecule has 33 heavy (non-hydrogen) atoms. The molecule has 0 amide bonds. The van der Waals surface area contributed by atoms with Gasteiger partial charge in [0.25, 0.3) is 0 Å². The smallest absolute Gasteiger partial charge is 0.193 e. The maximum atomic E-state index is 6.18. The minimum absolute atomic E-state index is 0. The fourth-order valence-corrected chi connectivity index (χ4v) is 5.34. The Balaban J connectivity index is 0.00000306. The van der Waals surface area contributed by atoms with Crippen molar-refractivity contribution in [2.45, 2.75) is 45.0 Å². The van der Waals surface area contributed by atoms with Gasteiger partial charge in [0, 0.05) is 58.9 Å². The Kier molecular flexibility index (Phi) is 10.7. The van der Waals surface area contributed by atoms with Crippen LogP contribution in [-0.4, -0.2) is 105 Å². The average Bonchev–Trinajstić information content (AvgIpc) is 3.25. The van der Waals surface area contributed by atoms with Crippen molar-refractivity contribution in [1.82, 2.24) is 20.0 Å². The summed E-state index contributed by atoms with van der Waals surface area (Å²) >= 11 is 0. The molecular weight excluding hydrogens is 529 g/mol. The van der Waals surface area contributed by atoms with E-state index in [-0.39, 0.29) is 30.1 Å². The molecule has 4 rings (SSSR count). The Morgan fingerprint density at radius 1 is 1.09 bits per heavy atom. The second kappa shape index (κ2) is 13.2. The molecule has 0 saturated carbocycles. The van der Waals surface area contributed by atoms with Crippen LogP contribution in [-0.2, 0) is 16.0 Å². The van der Waals surface area contributed by atoms with Crippen molar-refractivity contribution < 1.29 is 9.47 Å². The molecule has 7 nitrogen and oxygen atoms in total. The van der Waals surface area contributed by atoms with Crippen LogP contribution in [0.15, 0.2) is 35.3 Å². The van der Waals surface area contributed by atoms with Crippen LogP contribution in [0.1, 0.15) is 25.8 Å². The van der Waals surface area contributed by atoms with Crippen LogP contribution in [0.4, 0.5) is 0 Å². The number of ether oxygens (including phenoxy) is 2. The average molecular weight is 572 g/mol. The van der Waals surface area contributed by atoms with Gasteiger partial charge in [0.2, 0.25) is 0 Å². The first kappa shape index (κ1) is 26.7. The lowest BCUT2D eigenvalue weighted by Crippen LogP contribution is -2.52. The van der Waals surface area contributed by atoms with Crippen LogP contribution in [0.5, 0.6) is 0 Å². The Labute approximate surface area is 216 Å². The van der Waals surface area contributed by atoms with Gasteiger partial charge in [-0.25, -0.2) is 0 Å². The summed E-state index contributed by atoms with van der Waals surface area (Å²) in [6, 6.07) is 11.7. The lowest BCUT2D eigenvalue weighted by atomic mass is 10.0. The van der Waals surface area contributed by atoms with Crippen LogP contribution < -0.4 is 5.32 Å². The maximum Gasteiger partial charge on any atom is 0.193 e. The van der Waals surface area contributed by atoms with Gasteiger partial charge in [-0.3, -0.25) is 14.8 Å². The van der Waals surface area contributed by atoms with Crippen molar-refractivity contribution in [3.05, 3.63) is 35.9 Å². The van der Waals surface area contributed by atoms with Crippen molar-refractivity contribution in [3.63, 3.8) is 0 Å². The number of guanidine groups is 1. The number of likely N-dealkylation sites (tertiary alicyclic amines) is 1. The number of rotatable bonds is 7. The lowest BCUT2D eigenvalue weighted by Gasteiger charge is -2.37. The van der Waals surface area contributed by atoms with Gasteiger partial charge in [-0.05, 0) is 17.9 Å². The maximum absolute atomic E-state index is 6.18. The topological polar surface area (TPSA) is 52.6 Å². The third-order valence-electron chi connectivity index (χ3n) is 6.96. The molecular formula is C25H42IN5O2. The molecule has 1 N–H and O–H groups in total. The van der Waals surface area contributed by atoms with Gasteiger partial charge in [-0.1, -0.05) is 44.2 Å². The quantitative estimate of drug-likeness (QED) is 0.309. The lowest BCUT2D eigenvalue weighted by molar-refractivity contribution is -0.0502. The number of morpholine rings is 2. The summed E-state index contributed by atoms with van der Waals surface area (Å²) < 4.78 is 11.8. The minimum Gasteiger partial charge on any atom is -0.379 e. The summed E-state index contributed by atoms with van der Waals surface area (Å²) in [5.74, 6) is 1.67. The Morgan fingerprint density at radius 3 is 2.55 bits per heavy atom. The monoisotopic (exact) mass is 571 g/mol. The van der Waals surface area contributed by atoms with Crippen molar-refractivity contribution in [2.24, 2.45) is 10.9 Å². The zero-order valence-electron chi connectivity index (χ0n) is 20.5. The van der Waals surface area contributed by atoms with Crippen molar-refractivity contribution >= 4 is 29.9 Å². The van der Waals surface area contributed by atoms with Gasteiger partial charge in [-0.15, -0.1) is 24.0 Å². The van der Waals surface area contributed by atoms with Crippen molar-refractivity contribution in [2.75, 3.05) is 66.1 Å². The Hall–Kier alpha value is -0.940. The van der Waals surface area contributed by atoms with E-state index in [2.05, 4.69) is 69.2 Å². The number of aliphatic imine (C=N–C) groups is 1. The van der Waals surface area contributed by atoms with Crippen LogP contribution in [0.25, 0.3) is 0 Å². The van der Waals surface area contributed by atoms with Crippen molar-refractivity contribution in [3.8, 4) is 0 Å². The largest absolute Gasteiger partial charge is 0.379 e. The zero-order valence-corrected chi connectivity index (χ0v) is 22.8. The van der Waals surface area contributed by atoms with Gasteiger partial charge >= 0.3 is 0 Å². The summed E-state index contributed by atoms with van der Waals surface area (Å²) in [6.45, 7) is 13.9. The Morgan fingerprint density at radius 2 is 1.85 bits per heavy atom. The number of nitrogens with zero attached hydrogens (tertiary/aromatic N) is 4. The highest BCUT2D eigenvalue weighted by Gasteiger charge is 2.41. The van der Waals surface area contributed by atoms with E-state index in [1.54, 1.807) is 0 Å². The molecule has 3 atom stereocenters. The van der Waals surface area contributed by atoms with E-state index in [4.69, 9.17) is 9.47 Å². The van der Waals surface area contributed by atoms with E-state index in [0.29, 0.717) is 18.0 Å². The molecule has 0 aromatic heterocycles. The predicted molar refractivity (Wildman–Crippen MR) is 144 cm³/mol. The number of fused-ring (bicyclic) bond motifs is 1. The Bertz CT molecular complexity index is 729. The first-order chi connectivity index (χ1) is 15.6. The van der Waals surface area contributed by atoms with E-state index in [1.807, 2.05) is 7.05 Å². The molecule has 0 radical (unpaired) electrons. The van der Waals surface area contributed by atoms with Gasteiger partial charge in [0.1, 0.15) is 0 Å². The molecule has 0 aliphatic carbocycles. The molecule has 3 aliphatic rings. The fourth-order valence-electron chi connectivity index (χ4n) is 5.34. The highest BCUT2D eigenvalue weighted by Crippen LogP contribution is 2.25. The van der Waals surface area contributed by atoms with Crippen LogP contribution in [0, 0.1) is 5.92 Å². The van der Waals surface area contributed by atoms with Crippen LogP contribution >= 0.6 is 24.0 Å². The minimum atomic E-state index is 0. The van der Waals surface area contributed by atoms with Gasteiger partial charge in [0.05, 0.1) is 32.0 Å². The highest BCUT2D eigenvalue weighted by atomic mass is 127. The van der Waals surface area contributed by atoms with E-state index < -0.39 is 0 Å². The molecule has 1 aromatic carbocycles. The molecule has 1 aromatic rings. The standard InChI is InChI=1S/C25H41N5O2.HI/c1-20(2)15-22(28-9-12-31-13-10-28)16-27-25(26-3)30-18-23-24(19-30)32-14-11-29(23)17-21-7-5-4-6-8-21;/h4-8,20,22-24H,9-19H2,1-3H3,(H,26,27);1H. The second-order valence-electron chi connectivity index (χ2n) is 9.70. The summed E-state index contributed by atoms with van der Waals surface area (Å²) in [6.07, 6.45) is 1.43. The van der Waals surface area contributed by atoms with Gasteiger partial charge in [-0.2, -0.15) is 0 Å². The molecule has 3 aliphatic heterocycles. The molecule has 3 saturated heterocycles. The zero-order chi connectivity index (χ0) is 22.3. The van der Waals surface area contributed by atoms with E-state index >= 15 is 0 Å². The summed E-state index contributed by atoms with van der Waals surface area (Å²) in [4.78, 5) is 12.2. The summed E-state index contributed by atoms with van der Waals surface area (Å²) in [7, 11) is 1.90. The third-order valence-corrected chi connectivity index (χ3v) is 6.96. The fraction of sp³-hybridized carbons (Fsp3) is 0.720. The number of nitrogens with one attached hydrogen (secondary N) is 1. The molecule has 3 fully saturated rings. The number of halogens is 1. The molecule has 0 bridgehead atoms. The SMILES string of the molecule is CN=C(NCC(CC(C)C)N1CCOCC1)N1CC2OCCN(Cc3ccccc3)C2C1.I.